The Morgan fingerprint density at radius 3 is 2.24 bits per heavy atom. The van der Waals surface area contributed by atoms with E-state index in [1.54, 1.807) is 0 Å². The Kier molecular flexibility index (Phi) is 6.19. The van der Waals surface area contributed by atoms with Crippen LogP contribution in [0.4, 0.5) is 17.6 Å². The summed E-state index contributed by atoms with van der Waals surface area (Å²) in [4.78, 5) is 11.6. The van der Waals surface area contributed by atoms with Crippen molar-refractivity contribution in [2.24, 2.45) is 11.1 Å². The average Bonchev–Trinajstić information content (AvgIpc) is 2.35. The van der Waals surface area contributed by atoms with E-state index in [1.165, 1.54) is 13.8 Å². The van der Waals surface area contributed by atoms with Crippen molar-refractivity contribution in [3.05, 3.63) is 35.1 Å². The number of carbonyl (C=O) groups excluding carboxylic acids is 1. The van der Waals surface area contributed by atoms with Gasteiger partial charge < -0.3 is 10.5 Å². The first-order chi connectivity index (χ1) is 9.01. The number of nitrogens with two attached hydrogens (primary N) is 1. The number of ether oxygens (including phenoxy) is 1. The molecule has 1 atom stereocenters. The fourth-order valence-corrected chi connectivity index (χ4v) is 1.76. The molecule has 0 bridgehead atoms. The van der Waals surface area contributed by atoms with Gasteiger partial charge in [0.05, 0.1) is 18.1 Å². The Labute approximate surface area is 125 Å². The zero-order chi connectivity index (χ0) is 15.7. The van der Waals surface area contributed by atoms with Crippen LogP contribution < -0.4 is 5.73 Å². The highest BCUT2D eigenvalue weighted by atomic mass is 35.5. The highest BCUT2D eigenvalue weighted by Gasteiger charge is 2.39. The van der Waals surface area contributed by atoms with Crippen LogP contribution in [-0.4, -0.2) is 13.1 Å². The number of alkyl halides is 3. The van der Waals surface area contributed by atoms with Crippen LogP contribution in [0.2, 0.25) is 0 Å². The number of halogens is 5. The van der Waals surface area contributed by atoms with Crippen LogP contribution >= 0.6 is 12.4 Å². The summed E-state index contributed by atoms with van der Waals surface area (Å²) >= 11 is 0. The molecule has 0 heterocycles. The van der Waals surface area contributed by atoms with Crippen LogP contribution in [0.15, 0.2) is 18.2 Å². The summed E-state index contributed by atoms with van der Waals surface area (Å²) in [6, 6.07) is 1.37. The lowest BCUT2D eigenvalue weighted by Crippen LogP contribution is -2.37. The quantitative estimate of drug-likeness (QED) is 0.682. The molecule has 0 aliphatic rings. The number of rotatable bonds is 3. The molecule has 0 aromatic heterocycles. The molecular weight excluding hydrogens is 314 g/mol. The first-order valence-corrected chi connectivity index (χ1v) is 5.72. The van der Waals surface area contributed by atoms with Gasteiger partial charge in [-0.3, -0.25) is 4.79 Å². The van der Waals surface area contributed by atoms with Crippen molar-refractivity contribution in [3.8, 4) is 0 Å². The van der Waals surface area contributed by atoms with Gasteiger partial charge in [0.25, 0.3) is 0 Å². The summed E-state index contributed by atoms with van der Waals surface area (Å²) < 4.78 is 55.7. The van der Waals surface area contributed by atoms with Gasteiger partial charge in [-0.1, -0.05) is 6.07 Å². The van der Waals surface area contributed by atoms with Gasteiger partial charge in [0.15, 0.2) is 0 Å². The van der Waals surface area contributed by atoms with Gasteiger partial charge in [-0.15, -0.1) is 12.4 Å². The molecule has 0 aliphatic heterocycles. The van der Waals surface area contributed by atoms with Crippen LogP contribution in [0.3, 0.4) is 0 Å². The molecule has 0 unspecified atom stereocenters. The van der Waals surface area contributed by atoms with Crippen molar-refractivity contribution in [3.63, 3.8) is 0 Å². The minimum atomic E-state index is -4.82. The summed E-state index contributed by atoms with van der Waals surface area (Å²) in [5.74, 6) is -2.05. The number of hydrogen-bond acceptors (Lipinski definition) is 3. The second-order valence-corrected chi connectivity index (χ2v) is 4.93. The molecule has 0 aliphatic carbocycles. The Balaban J connectivity index is 0.00000400. The van der Waals surface area contributed by atoms with Gasteiger partial charge in [-0.05, 0) is 31.5 Å². The molecule has 2 N–H and O–H groups in total. The van der Waals surface area contributed by atoms with Gasteiger partial charge in [0, 0.05) is 6.04 Å². The van der Waals surface area contributed by atoms with Crippen molar-refractivity contribution in [2.45, 2.75) is 26.1 Å². The second-order valence-electron chi connectivity index (χ2n) is 4.93. The fraction of sp³-hybridized carbons (Fsp3) is 0.462. The summed E-state index contributed by atoms with van der Waals surface area (Å²) in [7, 11) is 1.16. The SMILES string of the molecule is COC(=O)C(C)(C)[C@H](N)c1ccc(F)c(C(F)(F)F)c1.Cl. The molecule has 1 aromatic rings. The lowest BCUT2D eigenvalue weighted by Gasteiger charge is -2.29. The van der Waals surface area contributed by atoms with Gasteiger partial charge in [-0.2, -0.15) is 13.2 Å². The maximum Gasteiger partial charge on any atom is 0.419 e. The van der Waals surface area contributed by atoms with E-state index in [2.05, 4.69) is 4.74 Å². The Morgan fingerprint density at radius 2 is 1.81 bits per heavy atom. The maximum atomic E-state index is 13.2. The van der Waals surface area contributed by atoms with Crippen molar-refractivity contribution < 1.29 is 27.1 Å². The topological polar surface area (TPSA) is 52.3 Å². The molecule has 0 saturated heterocycles. The van der Waals surface area contributed by atoms with Gasteiger partial charge in [0.2, 0.25) is 0 Å². The summed E-state index contributed by atoms with van der Waals surface area (Å²) in [6.45, 7) is 2.89. The van der Waals surface area contributed by atoms with Gasteiger partial charge >= 0.3 is 12.1 Å². The van der Waals surface area contributed by atoms with Crippen LogP contribution in [0.5, 0.6) is 0 Å². The van der Waals surface area contributed by atoms with Crippen molar-refractivity contribution in [1.29, 1.82) is 0 Å². The Morgan fingerprint density at radius 1 is 1.29 bits per heavy atom. The normalized spacial score (nSPS) is 13.3. The predicted octanol–water partition coefficient (Wildman–Crippen LogP) is 3.47. The molecule has 21 heavy (non-hydrogen) atoms. The summed E-state index contributed by atoms with van der Waals surface area (Å²) in [5.41, 5.74) is 3.18. The van der Waals surface area contributed by atoms with Gasteiger partial charge in [0.1, 0.15) is 5.82 Å². The van der Waals surface area contributed by atoms with E-state index in [0.29, 0.717) is 12.1 Å². The highest BCUT2D eigenvalue weighted by molar-refractivity contribution is 5.85. The molecule has 1 rings (SSSR count). The average molecular weight is 330 g/mol. The van der Waals surface area contributed by atoms with Crippen molar-refractivity contribution in [2.75, 3.05) is 7.11 Å². The van der Waals surface area contributed by atoms with E-state index in [1.807, 2.05) is 0 Å². The first-order valence-electron chi connectivity index (χ1n) is 5.72. The summed E-state index contributed by atoms with van der Waals surface area (Å²) in [6.07, 6.45) is -4.82. The Bertz CT molecular complexity index is 517. The molecule has 0 amide bonds. The van der Waals surface area contributed by atoms with E-state index >= 15 is 0 Å². The number of benzene rings is 1. The predicted molar refractivity (Wildman–Crippen MR) is 71.4 cm³/mol. The van der Waals surface area contributed by atoms with Gasteiger partial charge in [-0.25, -0.2) is 4.39 Å². The molecule has 1 aromatic carbocycles. The second kappa shape index (κ2) is 6.62. The standard InChI is InChI=1S/C13H15F4NO2.ClH/c1-12(2,11(19)20-3)10(18)7-4-5-9(14)8(6-7)13(15,16)17;/h4-6,10H,18H2,1-3H3;1H/t10-;/m1./s1. The molecular formula is C13H16ClF4NO2. The largest absolute Gasteiger partial charge is 0.469 e. The number of methoxy groups -OCH3 is 1. The molecule has 0 saturated carbocycles. The minimum absolute atomic E-state index is 0. The smallest absolute Gasteiger partial charge is 0.419 e. The molecule has 0 radical (unpaired) electrons. The third kappa shape index (κ3) is 4.07. The number of esters is 1. The van der Waals surface area contributed by atoms with E-state index in [4.69, 9.17) is 5.73 Å². The Hall–Kier alpha value is -1.34. The highest BCUT2D eigenvalue weighted by Crippen LogP contribution is 2.37. The molecule has 0 fully saturated rings. The van der Waals surface area contributed by atoms with E-state index in [-0.39, 0.29) is 18.0 Å². The summed E-state index contributed by atoms with van der Waals surface area (Å²) in [5, 5.41) is 0. The zero-order valence-electron chi connectivity index (χ0n) is 11.6. The monoisotopic (exact) mass is 329 g/mol. The van der Waals surface area contributed by atoms with Crippen LogP contribution in [0, 0.1) is 11.2 Å². The van der Waals surface area contributed by atoms with E-state index in [9.17, 15) is 22.4 Å². The molecule has 3 nitrogen and oxygen atoms in total. The van der Waals surface area contributed by atoms with E-state index in [0.717, 1.165) is 13.2 Å². The molecule has 120 valence electrons. The van der Waals surface area contributed by atoms with E-state index < -0.39 is 35.0 Å². The van der Waals surface area contributed by atoms with Crippen molar-refractivity contribution in [1.82, 2.24) is 0 Å². The lowest BCUT2D eigenvalue weighted by molar-refractivity contribution is -0.152. The van der Waals surface area contributed by atoms with Crippen molar-refractivity contribution >= 4 is 18.4 Å². The third-order valence-corrected chi connectivity index (χ3v) is 3.14. The first kappa shape index (κ1) is 19.7. The van der Waals surface area contributed by atoms with Crippen LogP contribution in [0.25, 0.3) is 0 Å². The van der Waals surface area contributed by atoms with Crippen LogP contribution in [0.1, 0.15) is 31.0 Å². The molecule has 8 heteroatoms. The molecule has 0 spiro atoms. The fourth-order valence-electron chi connectivity index (χ4n) is 1.76. The number of carbonyl (C=O) groups is 1. The van der Waals surface area contributed by atoms with Crippen LogP contribution in [-0.2, 0) is 15.7 Å². The number of hydrogen-bond donors (Lipinski definition) is 1. The maximum absolute atomic E-state index is 13.2. The lowest BCUT2D eigenvalue weighted by atomic mass is 9.80. The zero-order valence-corrected chi connectivity index (χ0v) is 12.4. The minimum Gasteiger partial charge on any atom is -0.469 e. The third-order valence-electron chi connectivity index (χ3n) is 3.14.